The van der Waals surface area contributed by atoms with Crippen LogP contribution >= 0.6 is 0 Å². The van der Waals surface area contributed by atoms with Gasteiger partial charge in [-0.25, -0.2) is 33.0 Å². The molecule has 130 valence electrons. The number of amides is 4. The first-order valence-electron chi connectivity index (χ1n) is 7.58. The summed E-state index contributed by atoms with van der Waals surface area (Å²) < 4.78 is 0. The normalized spacial score (nSPS) is 10.2. The molecule has 0 atom stereocenters. The minimum atomic E-state index is -0.475. The summed E-state index contributed by atoms with van der Waals surface area (Å²) in [6.07, 6.45) is 8.28. The molecule has 10 heteroatoms. The molecular weight excluding hydrogens is 288 g/mol. The van der Waals surface area contributed by atoms with Gasteiger partial charge < -0.3 is 0 Å². The zero-order chi connectivity index (χ0) is 16.8. The summed E-state index contributed by atoms with van der Waals surface area (Å²) in [6.45, 7) is 0.997. The van der Waals surface area contributed by atoms with Crippen molar-refractivity contribution in [2.75, 3.05) is 13.1 Å². The van der Waals surface area contributed by atoms with Gasteiger partial charge in [-0.1, -0.05) is 38.5 Å². The van der Waals surface area contributed by atoms with Crippen molar-refractivity contribution in [2.24, 2.45) is 23.4 Å². The first-order valence-corrected chi connectivity index (χ1v) is 7.58. The highest BCUT2D eigenvalue weighted by Gasteiger charge is 2.06. The summed E-state index contributed by atoms with van der Waals surface area (Å²) >= 11 is 0. The summed E-state index contributed by atoms with van der Waals surface area (Å²) in [5.74, 6) is 20.9. The Hall–Kier alpha value is -1.62. The lowest BCUT2D eigenvalue weighted by atomic mass is 10.1. The maximum atomic E-state index is 11.0. The van der Waals surface area contributed by atoms with Crippen molar-refractivity contribution in [1.82, 2.24) is 20.9 Å². The van der Waals surface area contributed by atoms with Gasteiger partial charge in [0, 0.05) is 13.1 Å². The fourth-order valence-electron chi connectivity index (χ4n) is 1.99. The monoisotopic (exact) mass is 318 g/mol. The number of unbranched alkanes of at least 4 members (excludes halogenated alkanes) is 7. The molecule has 0 unspecified atom stereocenters. The highest BCUT2D eigenvalue weighted by molar-refractivity contribution is 5.72. The number of urea groups is 2. The molecule has 0 radical (unpaired) electrons. The Morgan fingerprint density at radius 1 is 0.636 bits per heavy atom. The minimum absolute atomic E-state index is 0.475. The molecule has 0 bridgehead atoms. The fraction of sp³-hybridized carbons (Fsp3) is 0.833. The van der Waals surface area contributed by atoms with Gasteiger partial charge in [0.05, 0.1) is 0 Å². The zero-order valence-corrected chi connectivity index (χ0v) is 13.1. The second-order valence-electron chi connectivity index (χ2n) is 5.11. The summed E-state index contributed by atoms with van der Waals surface area (Å²) in [5.41, 5.74) is 3.96. The predicted octanol–water partition coefficient (Wildman–Crippen LogP) is -0.375. The zero-order valence-electron chi connectivity index (χ0n) is 13.1. The van der Waals surface area contributed by atoms with Crippen LogP contribution in [0, 0.1) is 0 Å². The van der Waals surface area contributed by atoms with Gasteiger partial charge in [0.1, 0.15) is 0 Å². The summed E-state index contributed by atoms with van der Waals surface area (Å²) in [6, 6.07) is -0.950. The van der Waals surface area contributed by atoms with E-state index in [0.717, 1.165) is 61.4 Å². The van der Waals surface area contributed by atoms with E-state index in [1.807, 2.05) is 10.9 Å². The average Bonchev–Trinajstić information content (AvgIpc) is 2.54. The molecule has 0 saturated heterocycles. The van der Waals surface area contributed by atoms with E-state index < -0.39 is 12.1 Å². The van der Waals surface area contributed by atoms with Crippen LogP contribution < -0.4 is 34.2 Å². The van der Waals surface area contributed by atoms with Crippen LogP contribution in [0.15, 0.2) is 0 Å². The van der Waals surface area contributed by atoms with Crippen LogP contribution in [0.2, 0.25) is 0 Å². The molecule has 0 aromatic rings. The molecule has 4 amide bonds. The molecule has 0 aromatic carbocycles. The summed E-state index contributed by atoms with van der Waals surface area (Å²) in [7, 11) is 0. The maximum Gasteiger partial charge on any atom is 0.345 e. The Labute approximate surface area is 131 Å². The van der Waals surface area contributed by atoms with Crippen LogP contribution in [0.4, 0.5) is 9.59 Å². The SMILES string of the molecule is NNC(=O)N(N)CCCCCCCCCCN(N)C(=O)NN. The molecule has 0 saturated carbocycles. The minimum Gasteiger partial charge on any atom is -0.275 e. The molecular formula is C12H30N8O2. The molecule has 0 aliphatic heterocycles. The van der Waals surface area contributed by atoms with Crippen molar-refractivity contribution >= 4 is 12.1 Å². The van der Waals surface area contributed by atoms with Crippen LogP contribution in [0.25, 0.3) is 0 Å². The number of nitrogens with zero attached hydrogens (tertiary/aromatic N) is 2. The van der Waals surface area contributed by atoms with E-state index in [1.165, 1.54) is 0 Å². The Kier molecular flexibility index (Phi) is 12.1. The third kappa shape index (κ3) is 10.2. The summed E-state index contributed by atoms with van der Waals surface area (Å²) in [4.78, 5) is 22.0. The second kappa shape index (κ2) is 13.1. The van der Waals surface area contributed by atoms with E-state index >= 15 is 0 Å². The number of hydrogen-bond donors (Lipinski definition) is 6. The Bertz CT molecular complexity index is 286. The molecule has 10 N–H and O–H groups in total. The molecule has 0 heterocycles. The van der Waals surface area contributed by atoms with Crippen molar-refractivity contribution in [1.29, 1.82) is 0 Å². The molecule has 10 nitrogen and oxygen atoms in total. The first kappa shape index (κ1) is 20.4. The number of nitrogens with two attached hydrogens (primary N) is 4. The molecule has 0 aliphatic rings. The Morgan fingerprint density at radius 3 is 1.18 bits per heavy atom. The highest BCUT2D eigenvalue weighted by atomic mass is 16.2. The van der Waals surface area contributed by atoms with E-state index in [2.05, 4.69) is 0 Å². The number of rotatable bonds is 11. The predicted molar refractivity (Wildman–Crippen MR) is 84.2 cm³/mol. The van der Waals surface area contributed by atoms with Gasteiger partial charge >= 0.3 is 12.1 Å². The van der Waals surface area contributed by atoms with Crippen molar-refractivity contribution in [3.05, 3.63) is 0 Å². The smallest absolute Gasteiger partial charge is 0.275 e. The highest BCUT2D eigenvalue weighted by Crippen LogP contribution is 2.09. The number of carbonyl (C=O) groups is 2. The van der Waals surface area contributed by atoms with Gasteiger partial charge in [0.25, 0.3) is 0 Å². The van der Waals surface area contributed by atoms with Gasteiger partial charge in [-0.3, -0.25) is 20.9 Å². The standard InChI is InChI=1S/C12H30N8O2/c13-17-11(21)19(15)9-7-5-3-1-2-4-6-8-10-20(16)12(22)18-14/h1-10,13-16H2,(H,17,21)(H,18,22). The van der Waals surface area contributed by atoms with Crippen molar-refractivity contribution < 1.29 is 9.59 Å². The molecule has 0 fully saturated rings. The summed E-state index contributed by atoms with van der Waals surface area (Å²) in [5, 5.41) is 2.16. The number of carbonyl (C=O) groups excluding carboxylic acids is 2. The van der Waals surface area contributed by atoms with Crippen LogP contribution in [0.3, 0.4) is 0 Å². The van der Waals surface area contributed by atoms with Gasteiger partial charge in [-0.15, -0.1) is 0 Å². The van der Waals surface area contributed by atoms with Gasteiger partial charge in [0.15, 0.2) is 0 Å². The number of nitrogens with one attached hydrogen (secondary N) is 2. The van der Waals surface area contributed by atoms with Gasteiger partial charge in [0.2, 0.25) is 0 Å². The van der Waals surface area contributed by atoms with Crippen molar-refractivity contribution in [3.8, 4) is 0 Å². The van der Waals surface area contributed by atoms with E-state index in [4.69, 9.17) is 23.4 Å². The third-order valence-electron chi connectivity index (χ3n) is 3.32. The van der Waals surface area contributed by atoms with Crippen molar-refractivity contribution in [3.63, 3.8) is 0 Å². The lowest BCUT2D eigenvalue weighted by molar-refractivity contribution is 0.197. The lowest BCUT2D eigenvalue weighted by Gasteiger charge is -2.15. The van der Waals surface area contributed by atoms with E-state index in [-0.39, 0.29) is 0 Å². The first-order chi connectivity index (χ1) is 10.5. The average molecular weight is 318 g/mol. The van der Waals surface area contributed by atoms with Gasteiger partial charge in [-0.05, 0) is 12.8 Å². The number of hydrazine groups is 4. The molecule has 0 aromatic heterocycles. The topological polar surface area (TPSA) is 169 Å². The number of hydrogen-bond acceptors (Lipinski definition) is 6. The second-order valence-corrected chi connectivity index (χ2v) is 5.11. The van der Waals surface area contributed by atoms with Gasteiger partial charge in [-0.2, -0.15) is 0 Å². The lowest BCUT2D eigenvalue weighted by Crippen LogP contribution is -2.47. The van der Waals surface area contributed by atoms with Crippen molar-refractivity contribution in [2.45, 2.75) is 51.4 Å². The Balaban J connectivity index is 3.31. The quantitative estimate of drug-likeness (QED) is 0.131. The molecule has 0 aliphatic carbocycles. The fourth-order valence-corrected chi connectivity index (χ4v) is 1.99. The van der Waals surface area contributed by atoms with E-state index in [1.54, 1.807) is 0 Å². The largest absolute Gasteiger partial charge is 0.345 e. The van der Waals surface area contributed by atoms with Crippen LogP contribution in [0.5, 0.6) is 0 Å². The molecule has 0 spiro atoms. The maximum absolute atomic E-state index is 11.0. The van der Waals surface area contributed by atoms with Crippen LogP contribution in [-0.2, 0) is 0 Å². The Morgan fingerprint density at radius 2 is 0.909 bits per heavy atom. The molecule has 22 heavy (non-hydrogen) atoms. The van der Waals surface area contributed by atoms with Crippen LogP contribution in [0.1, 0.15) is 51.4 Å². The molecule has 0 rings (SSSR count). The third-order valence-corrected chi connectivity index (χ3v) is 3.32. The van der Waals surface area contributed by atoms with E-state index in [0.29, 0.717) is 13.1 Å². The van der Waals surface area contributed by atoms with E-state index in [9.17, 15) is 9.59 Å². The van der Waals surface area contributed by atoms with Crippen LogP contribution in [-0.4, -0.2) is 35.2 Å².